The lowest BCUT2D eigenvalue weighted by Crippen LogP contribution is -2.32. The smallest absolute Gasteiger partial charge is 0.171 e. The summed E-state index contributed by atoms with van der Waals surface area (Å²) in [5, 5.41) is 7.17. The summed E-state index contributed by atoms with van der Waals surface area (Å²) in [6.45, 7) is 6.41. The van der Waals surface area contributed by atoms with Crippen LogP contribution in [0, 0.1) is 13.8 Å². The van der Waals surface area contributed by atoms with Crippen molar-refractivity contribution in [3.8, 4) is 0 Å². The number of benzene rings is 1. The van der Waals surface area contributed by atoms with E-state index in [1.165, 1.54) is 16.7 Å². The number of nitrogens with zero attached hydrogens (tertiary/aromatic N) is 1. The Morgan fingerprint density at radius 3 is 2.71 bits per heavy atom. The first-order chi connectivity index (χ1) is 10.1. The monoisotopic (exact) mass is 299 g/mol. The van der Waals surface area contributed by atoms with Gasteiger partial charge in [-0.2, -0.15) is 0 Å². The molecule has 1 aromatic carbocycles. The Morgan fingerprint density at radius 2 is 2.10 bits per heavy atom. The number of aromatic nitrogens is 1. The summed E-state index contributed by atoms with van der Waals surface area (Å²) in [6, 6.07) is 10.6. The minimum atomic E-state index is 0.210. The van der Waals surface area contributed by atoms with Gasteiger partial charge in [-0.1, -0.05) is 30.7 Å². The zero-order valence-corrected chi connectivity index (χ0v) is 13.5. The number of thiocarbonyl (C=S) groups is 1. The Labute approximate surface area is 131 Å². The van der Waals surface area contributed by atoms with E-state index in [9.17, 15) is 0 Å². The molecule has 110 valence electrons. The predicted molar refractivity (Wildman–Crippen MR) is 92.5 cm³/mol. The molecule has 3 nitrogen and oxygen atoms in total. The number of hydrogen-bond donors (Lipinski definition) is 2. The fourth-order valence-electron chi connectivity index (χ4n) is 2.38. The van der Waals surface area contributed by atoms with Gasteiger partial charge >= 0.3 is 0 Å². The van der Waals surface area contributed by atoms with Crippen LogP contribution in [0.3, 0.4) is 0 Å². The number of pyridine rings is 1. The Hall–Kier alpha value is -1.94. The van der Waals surface area contributed by atoms with E-state index in [2.05, 4.69) is 54.6 Å². The third kappa shape index (κ3) is 4.26. The molecule has 4 heteroatoms. The highest BCUT2D eigenvalue weighted by Gasteiger charge is 2.13. The number of anilines is 1. The Morgan fingerprint density at radius 1 is 1.29 bits per heavy atom. The predicted octanol–water partition coefficient (Wildman–Crippen LogP) is 4.14. The molecule has 1 aromatic heterocycles. The van der Waals surface area contributed by atoms with Crippen molar-refractivity contribution in [1.29, 1.82) is 0 Å². The zero-order valence-electron chi connectivity index (χ0n) is 12.7. The van der Waals surface area contributed by atoms with Crippen LogP contribution in [-0.4, -0.2) is 10.1 Å². The van der Waals surface area contributed by atoms with Crippen molar-refractivity contribution in [2.24, 2.45) is 0 Å². The highest BCUT2D eigenvalue weighted by atomic mass is 32.1. The fraction of sp³-hybridized carbons (Fsp3) is 0.294. The molecule has 1 heterocycles. The zero-order chi connectivity index (χ0) is 15.2. The minimum absolute atomic E-state index is 0.210. The van der Waals surface area contributed by atoms with Gasteiger partial charge in [0.1, 0.15) is 0 Å². The first-order valence-corrected chi connectivity index (χ1v) is 7.55. The number of rotatable bonds is 4. The second-order valence-electron chi connectivity index (χ2n) is 5.16. The third-order valence-corrected chi connectivity index (χ3v) is 3.65. The number of nitrogens with one attached hydrogen (secondary N) is 2. The van der Waals surface area contributed by atoms with Gasteiger partial charge in [-0.15, -0.1) is 0 Å². The Balaban J connectivity index is 2.06. The van der Waals surface area contributed by atoms with Crippen LogP contribution in [0.4, 0.5) is 5.69 Å². The summed E-state index contributed by atoms with van der Waals surface area (Å²) in [6.07, 6.45) is 4.47. The maximum absolute atomic E-state index is 5.40. The Kier molecular flexibility index (Phi) is 5.28. The molecule has 0 spiro atoms. The molecule has 0 radical (unpaired) electrons. The average Bonchev–Trinajstić information content (AvgIpc) is 2.46. The molecule has 0 unspecified atom stereocenters. The highest BCUT2D eigenvalue weighted by molar-refractivity contribution is 7.80. The van der Waals surface area contributed by atoms with Gasteiger partial charge in [0.15, 0.2) is 5.11 Å². The van der Waals surface area contributed by atoms with Crippen molar-refractivity contribution in [2.75, 3.05) is 5.32 Å². The van der Waals surface area contributed by atoms with Gasteiger partial charge in [0.05, 0.1) is 17.9 Å². The van der Waals surface area contributed by atoms with Gasteiger partial charge in [0.2, 0.25) is 0 Å². The van der Waals surface area contributed by atoms with Crippen molar-refractivity contribution >= 4 is 23.0 Å². The summed E-state index contributed by atoms with van der Waals surface area (Å²) in [4.78, 5) is 4.07. The lowest BCUT2D eigenvalue weighted by molar-refractivity contribution is 0.625. The lowest BCUT2D eigenvalue weighted by Gasteiger charge is -2.22. The summed E-state index contributed by atoms with van der Waals surface area (Å²) >= 11 is 5.40. The maximum atomic E-state index is 5.40. The van der Waals surface area contributed by atoms with E-state index in [1.54, 1.807) is 12.4 Å². The van der Waals surface area contributed by atoms with Crippen LogP contribution in [0.1, 0.15) is 36.1 Å². The summed E-state index contributed by atoms with van der Waals surface area (Å²) in [5.74, 6) is 0. The molecule has 0 saturated carbocycles. The van der Waals surface area contributed by atoms with Gasteiger partial charge in [-0.05, 0) is 55.7 Å². The average molecular weight is 299 g/mol. The van der Waals surface area contributed by atoms with E-state index < -0.39 is 0 Å². The van der Waals surface area contributed by atoms with Crippen molar-refractivity contribution in [3.05, 3.63) is 59.4 Å². The molecular weight excluding hydrogens is 278 g/mol. The molecule has 2 aromatic rings. The minimum Gasteiger partial charge on any atom is -0.356 e. The fourth-order valence-corrected chi connectivity index (χ4v) is 2.64. The first-order valence-electron chi connectivity index (χ1n) is 7.15. The van der Waals surface area contributed by atoms with Crippen molar-refractivity contribution < 1.29 is 0 Å². The van der Waals surface area contributed by atoms with Crippen LogP contribution in [0.15, 0.2) is 42.7 Å². The van der Waals surface area contributed by atoms with Gasteiger partial charge in [-0.3, -0.25) is 4.98 Å². The van der Waals surface area contributed by atoms with Crippen molar-refractivity contribution in [2.45, 2.75) is 33.2 Å². The normalized spacial score (nSPS) is 11.8. The molecule has 0 bridgehead atoms. The van der Waals surface area contributed by atoms with E-state index >= 15 is 0 Å². The second kappa shape index (κ2) is 7.18. The van der Waals surface area contributed by atoms with E-state index in [-0.39, 0.29) is 6.04 Å². The highest BCUT2D eigenvalue weighted by Crippen LogP contribution is 2.21. The SMILES string of the molecule is CC[C@H](NC(=S)Nc1cccnc1)c1ccc(C)cc1C. The van der Waals surface area contributed by atoms with E-state index in [1.807, 2.05) is 12.1 Å². The first kappa shape index (κ1) is 15.4. The molecule has 21 heavy (non-hydrogen) atoms. The van der Waals surface area contributed by atoms with Crippen molar-refractivity contribution in [3.63, 3.8) is 0 Å². The summed E-state index contributed by atoms with van der Waals surface area (Å²) in [5.41, 5.74) is 4.75. The summed E-state index contributed by atoms with van der Waals surface area (Å²) in [7, 11) is 0. The molecule has 2 N–H and O–H groups in total. The number of hydrogen-bond acceptors (Lipinski definition) is 2. The molecular formula is C17H21N3S. The van der Waals surface area contributed by atoms with Crippen LogP contribution in [-0.2, 0) is 0 Å². The third-order valence-electron chi connectivity index (χ3n) is 3.43. The van der Waals surface area contributed by atoms with Crippen LogP contribution in [0.5, 0.6) is 0 Å². The second-order valence-corrected chi connectivity index (χ2v) is 5.57. The molecule has 0 fully saturated rings. The molecule has 2 rings (SSSR count). The Bertz CT molecular complexity index is 611. The van der Waals surface area contributed by atoms with Crippen LogP contribution < -0.4 is 10.6 Å². The topological polar surface area (TPSA) is 37.0 Å². The molecule has 0 amide bonds. The maximum Gasteiger partial charge on any atom is 0.171 e. The molecule has 0 saturated heterocycles. The summed E-state index contributed by atoms with van der Waals surface area (Å²) < 4.78 is 0. The molecule has 0 aliphatic rings. The van der Waals surface area contributed by atoms with Gasteiger partial charge in [-0.25, -0.2) is 0 Å². The van der Waals surface area contributed by atoms with E-state index in [0.29, 0.717) is 5.11 Å². The molecule has 0 aliphatic heterocycles. The molecule has 0 aliphatic carbocycles. The van der Waals surface area contributed by atoms with Crippen LogP contribution in [0.25, 0.3) is 0 Å². The largest absolute Gasteiger partial charge is 0.356 e. The van der Waals surface area contributed by atoms with Crippen LogP contribution >= 0.6 is 12.2 Å². The van der Waals surface area contributed by atoms with E-state index in [0.717, 1.165) is 12.1 Å². The lowest BCUT2D eigenvalue weighted by atomic mass is 9.98. The van der Waals surface area contributed by atoms with Crippen LogP contribution in [0.2, 0.25) is 0 Å². The van der Waals surface area contributed by atoms with Gasteiger partial charge < -0.3 is 10.6 Å². The van der Waals surface area contributed by atoms with Crippen molar-refractivity contribution in [1.82, 2.24) is 10.3 Å². The quantitative estimate of drug-likeness (QED) is 0.832. The standard InChI is InChI=1S/C17H21N3S/c1-4-16(15-8-7-12(2)10-13(15)3)20-17(21)19-14-6-5-9-18-11-14/h5-11,16H,4H2,1-3H3,(H2,19,20,21)/t16-/m0/s1. The number of aryl methyl sites for hydroxylation is 2. The molecule has 1 atom stereocenters. The van der Waals surface area contributed by atoms with E-state index in [4.69, 9.17) is 12.2 Å². The van der Waals surface area contributed by atoms with Gasteiger partial charge in [0.25, 0.3) is 0 Å². The van der Waals surface area contributed by atoms with Gasteiger partial charge in [0, 0.05) is 6.20 Å².